The second-order valence-corrected chi connectivity index (χ2v) is 5.00. The number of carbonyl (C=O) groups excluding carboxylic acids is 1. The van der Waals surface area contributed by atoms with Gasteiger partial charge in [-0.2, -0.15) is 0 Å². The van der Waals surface area contributed by atoms with Gasteiger partial charge in [0.15, 0.2) is 0 Å². The lowest BCUT2D eigenvalue weighted by atomic mass is 9.99. The van der Waals surface area contributed by atoms with E-state index in [2.05, 4.69) is 22.0 Å². The fourth-order valence-electron chi connectivity index (χ4n) is 2.40. The van der Waals surface area contributed by atoms with Crippen molar-refractivity contribution in [1.29, 1.82) is 0 Å². The Hall–Kier alpha value is -1.03. The van der Waals surface area contributed by atoms with Gasteiger partial charge in [-0.25, -0.2) is 0 Å². The average Bonchev–Trinajstić information content (AvgIpc) is 2.69. The van der Waals surface area contributed by atoms with Gasteiger partial charge in [0.05, 0.1) is 12.8 Å². The minimum absolute atomic E-state index is 0.0767. The van der Waals surface area contributed by atoms with Crippen LogP contribution in [-0.4, -0.2) is 24.9 Å². The van der Waals surface area contributed by atoms with Crippen LogP contribution >= 0.6 is 15.9 Å². The van der Waals surface area contributed by atoms with Gasteiger partial charge < -0.3 is 9.64 Å². The lowest BCUT2D eigenvalue weighted by molar-refractivity contribution is -0.116. The number of benzene rings is 1. The fourth-order valence-corrected chi connectivity index (χ4v) is 2.95. The Morgan fingerprint density at radius 2 is 2.35 bits per heavy atom. The van der Waals surface area contributed by atoms with E-state index in [0.717, 1.165) is 29.7 Å². The molecule has 3 nitrogen and oxygen atoms in total. The maximum atomic E-state index is 11.7. The van der Waals surface area contributed by atoms with E-state index >= 15 is 0 Å². The van der Waals surface area contributed by atoms with Crippen LogP contribution in [0.15, 0.2) is 18.2 Å². The van der Waals surface area contributed by atoms with E-state index in [-0.39, 0.29) is 5.91 Å². The van der Waals surface area contributed by atoms with Crippen molar-refractivity contribution in [2.24, 2.45) is 0 Å². The van der Waals surface area contributed by atoms with Crippen LogP contribution in [0.5, 0.6) is 5.75 Å². The quantitative estimate of drug-likeness (QED) is 0.803. The SMILES string of the molecule is COc1cccc2c1N(C(C)=O)CC2CCBr. The van der Waals surface area contributed by atoms with Crippen molar-refractivity contribution in [3.8, 4) is 5.75 Å². The summed E-state index contributed by atoms with van der Waals surface area (Å²) in [6.07, 6.45) is 1.03. The first kappa shape index (κ1) is 12.4. The number of anilines is 1. The lowest BCUT2D eigenvalue weighted by Gasteiger charge is -2.17. The minimum Gasteiger partial charge on any atom is -0.495 e. The Labute approximate surface area is 110 Å². The van der Waals surface area contributed by atoms with Crippen LogP contribution in [0, 0.1) is 0 Å². The minimum atomic E-state index is 0.0767. The summed E-state index contributed by atoms with van der Waals surface area (Å²) < 4.78 is 5.36. The van der Waals surface area contributed by atoms with Crippen LogP contribution in [0.4, 0.5) is 5.69 Å². The molecule has 1 aliphatic rings. The summed E-state index contributed by atoms with van der Waals surface area (Å²) in [7, 11) is 1.64. The maximum Gasteiger partial charge on any atom is 0.223 e. The molecule has 1 aliphatic heterocycles. The van der Waals surface area contributed by atoms with Gasteiger partial charge >= 0.3 is 0 Å². The molecule has 0 aromatic heterocycles. The van der Waals surface area contributed by atoms with Crippen molar-refractivity contribution in [1.82, 2.24) is 0 Å². The summed E-state index contributed by atoms with van der Waals surface area (Å²) in [4.78, 5) is 13.5. The van der Waals surface area contributed by atoms with Crippen LogP contribution in [0.3, 0.4) is 0 Å². The highest BCUT2D eigenvalue weighted by atomic mass is 79.9. The summed E-state index contributed by atoms with van der Waals surface area (Å²) >= 11 is 3.47. The average molecular weight is 298 g/mol. The molecule has 0 N–H and O–H groups in total. The number of halogens is 1. The summed E-state index contributed by atoms with van der Waals surface area (Å²) in [5.41, 5.74) is 2.17. The first-order valence-corrected chi connectivity index (χ1v) is 6.82. The third-order valence-corrected chi connectivity index (χ3v) is 3.66. The Bertz CT molecular complexity index is 433. The van der Waals surface area contributed by atoms with Gasteiger partial charge in [0, 0.05) is 24.7 Å². The smallest absolute Gasteiger partial charge is 0.223 e. The summed E-state index contributed by atoms with van der Waals surface area (Å²) in [6.45, 7) is 2.36. The molecule has 0 fully saturated rings. The highest BCUT2D eigenvalue weighted by Gasteiger charge is 2.32. The Morgan fingerprint density at radius 3 is 2.94 bits per heavy atom. The number of nitrogens with zero attached hydrogens (tertiary/aromatic N) is 1. The first-order valence-electron chi connectivity index (χ1n) is 5.70. The van der Waals surface area contributed by atoms with E-state index < -0.39 is 0 Å². The Kier molecular flexibility index (Phi) is 3.72. The third kappa shape index (κ3) is 2.18. The number of methoxy groups -OCH3 is 1. The molecule has 1 atom stereocenters. The summed E-state index contributed by atoms with van der Waals surface area (Å²) in [6, 6.07) is 5.99. The molecule has 17 heavy (non-hydrogen) atoms. The molecule has 2 rings (SSSR count). The monoisotopic (exact) mass is 297 g/mol. The molecule has 4 heteroatoms. The van der Waals surface area contributed by atoms with Crippen LogP contribution in [0.2, 0.25) is 0 Å². The van der Waals surface area contributed by atoms with Gasteiger partial charge in [0.2, 0.25) is 5.91 Å². The van der Waals surface area contributed by atoms with Crippen LogP contribution < -0.4 is 9.64 Å². The number of hydrogen-bond acceptors (Lipinski definition) is 2. The van der Waals surface area contributed by atoms with Crippen molar-refractivity contribution in [2.45, 2.75) is 19.3 Å². The van der Waals surface area contributed by atoms with Gasteiger partial charge in [-0.1, -0.05) is 28.1 Å². The second kappa shape index (κ2) is 5.08. The molecular weight excluding hydrogens is 282 g/mol. The number of fused-ring (bicyclic) bond motifs is 1. The normalized spacial score (nSPS) is 18.1. The molecule has 1 unspecified atom stereocenters. The lowest BCUT2D eigenvalue weighted by Crippen LogP contribution is -2.27. The number of amides is 1. The predicted octanol–water partition coefficient (Wildman–Crippen LogP) is 2.93. The van der Waals surface area contributed by atoms with E-state index in [9.17, 15) is 4.79 Å². The summed E-state index contributed by atoms with van der Waals surface area (Å²) in [5.74, 6) is 1.27. The van der Waals surface area contributed by atoms with Crippen molar-refractivity contribution in [3.63, 3.8) is 0 Å². The van der Waals surface area contributed by atoms with Gasteiger partial charge in [0.1, 0.15) is 5.75 Å². The second-order valence-electron chi connectivity index (χ2n) is 4.20. The molecule has 0 spiro atoms. The Morgan fingerprint density at radius 1 is 1.59 bits per heavy atom. The molecule has 0 saturated carbocycles. The highest BCUT2D eigenvalue weighted by molar-refractivity contribution is 9.09. The van der Waals surface area contributed by atoms with Crippen LogP contribution in [0.1, 0.15) is 24.8 Å². The van der Waals surface area contributed by atoms with Gasteiger partial charge in [0.25, 0.3) is 0 Å². The maximum absolute atomic E-state index is 11.7. The highest BCUT2D eigenvalue weighted by Crippen LogP contribution is 2.44. The summed E-state index contributed by atoms with van der Waals surface area (Å²) in [5, 5.41) is 0.945. The third-order valence-electron chi connectivity index (χ3n) is 3.20. The van der Waals surface area contributed by atoms with Gasteiger partial charge in [-0.05, 0) is 18.1 Å². The molecular formula is C13H16BrNO2. The number of carbonyl (C=O) groups is 1. The standard InChI is InChI=1S/C13H16BrNO2/c1-9(16)15-8-10(6-7-14)11-4-3-5-12(17-2)13(11)15/h3-5,10H,6-8H2,1-2H3. The molecule has 0 bridgehead atoms. The molecule has 0 aliphatic carbocycles. The molecule has 92 valence electrons. The van der Waals surface area contributed by atoms with Crippen molar-refractivity contribution in [2.75, 3.05) is 23.9 Å². The van der Waals surface area contributed by atoms with Crippen LogP contribution in [0.25, 0.3) is 0 Å². The largest absolute Gasteiger partial charge is 0.495 e. The molecule has 0 radical (unpaired) electrons. The molecule has 1 amide bonds. The van der Waals surface area contributed by atoms with E-state index in [1.54, 1.807) is 14.0 Å². The first-order chi connectivity index (χ1) is 8.19. The van der Waals surface area contributed by atoms with Crippen molar-refractivity contribution < 1.29 is 9.53 Å². The number of para-hydroxylation sites is 1. The van der Waals surface area contributed by atoms with E-state index in [4.69, 9.17) is 4.74 Å². The number of rotatable bonds is 3. The molecule has 1 aromatic rings. The zero-order chi connectivity index (χ0) is 12.4. The van der Waals surface area contributed by atoms with E-state index in [1.165, 1.54) is 5.56 Å². The molecule has 1 aromatic carbocycles. The zero-order valence-corrected chi connectivity index (χ0v) is 11.7. The predicted molar refractivity (Wildman–Crippen MR) is 72.2 cm³/mol. The topological polar surface area (TPSA) is 29.5 Å². The van der Waals surface area contributed by atoms with Crippen molar-refractivity contribution in [3.05, 3.63) is 23.8 Å². The number of alkyl halides is 1. The van der Waals surface area contributed by atoms with Gasteiger partial charge in [-0.15, -0.1) is 0 Å². The number of hydrogen-bond donors (Lipinski definition) is 0. The van der Waals surface area contributed by atoms with E-state index in [0.29, 0.717) is 5.92 Å². The Balaban J connectivity index is 2.46. The van der Waals surface area contributed by atoms with E-state index in [1.807, 2.05) is 17.0 Å². The fraction of sp³-hybridized carbons (Fsp3) is 0.462. The van der Waals surface area contributed by atoms with Crippen LogP contribution in [-0.2, 0) is 4.79 Å². The number of ether oxygens (including phenoxy) is 1. The molecule has 1 heterocycles. The van der Waals surface area contributed by atoms with Gasteiger partial charge in [-0.3, -0.25) is 4.79 Å². The molecule has 0 saturated heterocycles. The van der Waals surface area contributed by atoms with Crippen molar-refractivity contribution >= 4 is 27.5 Å². The zero-order valence-electron chi connectivity index (χ0n) is 10.1.